The molecule has 0 aromatic carbocycles. The van der Waals surface area contributed by atoms with Crippen molar-refractivity contribution in [2.24, 2.45) is 13.0 Å². The Bertz CT molecular complexity index is 461. The Morgan fingerprint density at radius 3 is 2.83 bits per heavy atom. The maximum absolute atomic E-state index is 12.1. The van der Waals surface area contributed by atoms with Crippen molar-refractivity contribution >= 4 is 11.9 Å². The Morgan fingerprint density at radius 2 is 2.28 bits per heavy atom. The number of likely N-dealkylation sites (tertiary alicyclic amines) is 1. The first-order valence-corrected chi connectivity index (χ1v) is 5.99. The van der Waals surface area contributed by atoms with E-state index in [1.165, 1.54) is 0 Å². The molecule has 1 aliphatic rings. The van der Waals surface area contributed by atoms with Gasteiger partial charge in [0.05, 0.1) is 0 Å². The van der Waals surface area contributed by atoms with Crippen molar-refractivity contribution in [1.82, 2.24) is 14.7 Å². The predicted molar refractivity (Wildman–Crippen MR) is 64.2 cm³/mol. The highest BCUT2D eigenvalue weighted by Crippen LogP contribution is 2.21. The lowest BCUT2D eigenvalue weighted by Crippen LogP contribution is -2.29. The lowest BCUT2D eigenvalue weighted by atomic mass is 10.1. The van der Waals surface area contributed by atoms with Crippen LogP contribution in [0.2, 0.25) is 0 Å². The topological polar surface area (TPSA) is 75.4 Å². The zero-order valence-corrected chi connectivity index (χ0v) is 10.6. The molecule has 0 radical (unpaired) electrons. The normalized spacial score (nSPS) is 19.2. The van der Waals surface area contributed by atoms with Gasteiger partial charge in [-0.05, 0) is 25.3 Å². The molecule has 1 unspecified atom stereocenters. The number of hydrogen-bond donors (Lipinski definition) is 1. The Balaban J connectivity index is 2.01. The van der Waals surface area contributed by atoms with E-state index < -0.39 is 5.97 Å². The molecule has 0 bridgehead atoms. The number of carboxylic acid groups (broad SMARTS) is 1. The molecule has 2 heterocycles. The molecular weight excluding hydrogens is 234 g/mol. The number of aryl methyl sites for hydroxylation is 2. The summed E-state index contributed by atoms with van der Waals surface area (Å²) in [5.41, 5.74) is 1.37. The molecule has 1 fully saturated rings. The third kappa shape index (κ3) is 2.52. The average molecular weight is 251 g/mol. The van der Waals surface area contributed by atoms with Crippen molar-refractivity contribution < 1.29 is 14.7 Å². The second-order valence-corrected chi connectivity index (χ2v) is 4.80. The molecular formula is C12H17N3O3. The van der Waals surface area contributed by atoms with Crippen LogP contribution in [0.25, 0.3) is 0 Å². The van der Waals surface area contributed by atoms with Gasteiger partial charge in [-0.2, -0.15) is 5.10 Å². The van der Waals surface area contributed by atoms with E-state index >= 15 is 0 Å². The molecule has 0 saturated carbocycles. The summed E-state index contributed by atoms with van der Waals surface area (Å²) in [4.78, 5) is 24.5. The van der Waals surface area contributed by atoms with Crippen molar-refractivity contribution in [2.45, 2.75) is 19.8 Å². The van der Waals surface area contributed by atoms with Gasteiger partial charge in [-0.15, -0.1) is 0 Å². The first-order chi connectivity index (χ1) is 8.47. The summed E-state index contributed by atoms with van der Waals surface area (Å²) in [6.07, 6.45) is 0.884. The van der Waals surface area contributed by atoms with Gasteiger partial charge in [-0.3, -0.25) is 14.3 Å². The number of nitrogens with zero attached hydrogens (tertiary/aromatic N) is 3. The number of carboxylic acids is 1. The molecule has 1 aromatic rings. The first kappa shape index (κ1) is 12.6. The standard InChI is InChI=1S/C12H17N3O3/c1-8-5-10(13-14(8)2)12(18)15-4-3-9(7-15)6-11(16)17/h5,9H,3-4,6-7H2,1-2H3,(H,16,17). The summed E-state index contributed by atoms with van der Waals surface area (Å²) in [7, 11) is 1.79. The van der Waals surface area contributed by atoms with Gasteiger partial charge in [0, 0.05) is 32.3 Å². The molecule has 6 heteroatoms. The lowest BCUT2D eigenvalue weighted by Gasteiger charge is -2.14. The Labute approximate surface area is 105 Å². The largest absolute Gasteiger partial charge is 0.481 e. The van der Waals surface area contributed by atoms with Gasteiger partial charge < -0.3 is 10.0 Å². The second kappa shape index (κ2) is 4.80. The van der Waals surface area contributed by atoms with Crippen molar-refractivity contribution in [3.05, 3.63) is 17.5 Å². The number of carbonyl (C=O) groups is 2. The molecule has 18 heavy (non-hydrogen) atoms. The minimum absolute atomic E-state index is 0.0660. The molecule has 6 nitrogen and oxygen atoms in total. The van der Waals surface area contributed by atoms with E-state index in [1.807, 2.05) is 6.92 Å². The highest BCUT2D eigenvalue weighted by molar-refractivity contribution is 5.92. The third-order valence-corrected chi connectivity index (χ3v) is 3.37. The van der Waals surface area contributed by atoms with Crippen molar-refractivity contribution in [3.8, 4) is 0 Å². The average Bonchev–Trinajstić information content (AvgIpc) is 2.85. The van der Waals surface area contributed by atoms with Crippen LogP contribution >= 0.6 is 0 Å². The van der Waals surface area contributed by atoms with Crippen LogP contribution in [-0.2, 0) is 11.8 Å². The number of carbonyl (C=O) groups excluding carboxylic acids is 1. The van der Waals surface area contributed by atoms with Crippen LogP contribution in [0.15, 0.2) is 6.07 Å². The summed E-state index contributed by atoms with van der Waals surface area (Å²) in [5, 5.41) is 12.9. The van der Waals surface area contributed by atoms with E-state index in [9.17, 15) is 9.59 Å². The van der Waals surface area contributed by atoms with Crippen LogP contribution in [0, 0.1) is 12.8 Å². The Kier molecular flexibility index (Phi) is 3.36. The molecule has 1 saturated heterocycles. The zero-order valence-electron chi connectivity index (χ0n) is 10.6. The van der Waals surface area contributed by atoms with E-state index in [2.05, 4.69) is 5.10 Å². The lowest BCUT2D eigenvalue weighted by molar-refractivity contribution is -0.138. The van der Waals surface area contributed by atoms with Crippen molar-refractivity contribution in [1.29, 1.82) is 0 Å². The smallest absolute Gasteiger partial charge is 0.303 e. The van der Waals surface area contributed by atoms with Crippen LogP contribution < -0.4 is 0 Å². The highest BCUT2D eigenvalue weighted by atomic mass is 16.4. The van der Waals surface area contributed by atoms with Gasteiger partial charge in [0.1, 0.15) is 0 Å². The minimum Gasteiger partial charge on any atom is -0.481 e. The zero-order chi connectivity index (χ0) is 13.3. The van der Waals surface area contributed by atoms with Gasteiger partial charge in [0.25, 0.3) is 5.91 Å². The monoisotopic (exact) mass is 251 g/mol. The van der Waals surface area contributed by atoms with Gasteiger partial charge in [-0.1, -0.05) is 0 Å². The van der Waals surface area contributed by atoms with Gasteiger partial charge in [0.15, 0.2) is 5.69 Å². The number of amides is 1. The fourth-order valence-electron chi connectivity index (χ4n) is 2.26. The molecule has 0 aliphatic carbocycles. The Morgan fingerprint density at radius 1 is 1.56 bits per heavy atom. The van der Waals surface area contributed by atoms with E-state index in [0.717, 1.165) is 12.1 Å². The third-order valence-electron chi connectivity index (χ3n) is 3.37. The van der Waals surface area contributed by atoms with Crippen molar-refractivity contribution in [2.75, 3.05) is 13.1 Å². The molecule has 2 rings (SSSR count). The van der Waals surface area contributed by atoms with Crippen LogP contribution in [0.3, 0.4) is 0 Å². The van der Waals surface area contributed by atoms with E-state index in [0.29, 0.717) is 18.8 Å². The number of hydrogen-bond acceptors (Lipinski definition) is 3. The molecule has 1 atom stereocenters. The van der Waals surface area contributed by atoms with Crippen LogP contribution in [0.5, 0.6) is 0 Å². The molecule has 1 aliphatic heterocycles. The van der Waals surface area contributed by atoms with E-state index in [1.54, 1.807) is 22.7 Å². The van der Waals surface area contributed by atoms with Crippen LogP contribution in [-0.4, -0.2) is 44.8 Å². The minimum atomic E-state index is -0.803. The quantitative estimate of drug-likeness (QED) is 0.856. The molecule has 0 spiro atoms. The molecule has 1 aromatic heterocycles. The predicted octanol–water partition coefficient (Wildman–Crippen LogP) is 0.665. The highest BCUT2D eigenvalue weighted by Gasteiger charge is 2.29. The summed E-state index contributed by atoms with van der Waals surface area (Å²) in [5.74, 6) is -0.842. The van der Waals surface area contributed by atoms with Gasteiger partial charge in [0.2, 0.25) is 0 Å². The molecule has 1 amide bonds. The van der Waals surface area contributed by atoms with Crippen molar-refractivity contribution in [3.63, 3.8) is 0 Å². The summed E-state index contributed by atoms with van der Waals surface area (Å²) in [6.45, 7) is 3.02. The maximum atomic E-state index is 12.1. The number of aromatic nitrogens is 2. The number of rotatable bonds is 3. The summed E-state index contributed by atoms with van der Waals surface area (Å²) in [6, 6.07) is 1.76. The van der Waals surface area contributed by atoms with Crippen LogP contribution in [0.1, 0.15) is 29.0 Å². The van der Waals surface area contributed by atoms with E-state index in [4.69, 9.17) is 5.11 Å². The molecule has 1 N–H and O–H groups in total. The SMILES string of the molecule is Cc1cc(C(=O)N2CCC(CC(=O)O)C2)nn1C. The number of aliphatic carboxylic acids is 1. The fourth-order valence-corrected chi connectivity index (χ4v) is 2.26. The summed E-state index contributed by atoms with van der Waals surface area (Å²) >= 11 is 0. The maximum Gasteiger partial charge on any atom is 0.303 e. The fraction of sp³-hybridized carbons (Fsp3) is 0.583. The second-order valence-electron chi connectivity index (χ2n) is 4.80. The first-order valence-electron chi connectivity index (χ1n) is 5.99. The van der Waals surface area contributed by atoms with Gasteiger partial charge >= 0.3 is 5.97 Å². The van der Waals surface area contributed by atoms with Crippen LogP contribution in [0.4, 0.5) is 0 Å². The summed E-state index contributed by atoms with van der Waals surface area (Å²) < 4.78 is 1.66. The van der Waals surface area contributed by atoms with E-state index in [-0.39, 0.29) is 18.2 Å². The van der Waals surface area contributed by atoms with Gasteiger partial charge in [-0.25, -0.2) is 0 Å². The Hall–Kier alpha value is -1.85. The molecule has 98 valence electrons.